The number of fused-ring (bicyclic) bond motifs is 1. The van der Waals surface area contributed by atoms with Crippen molar-refractivity contribution >= 4 is 5.78 Å². The van der Waals surface area contributed by atoms with Gasteiger partial charge in [0.25, 0.3) is 0 Å². The minimum Gasteiger partial charge on any atom is -0.493 e. The number of hydrogen-bond donors (Lipinski definition) is 0. The lowest BCUT2D eigenvalue weighted by Crippen LogP contribution is -2.27. The minimum absolute atomic E-state index is 0.00569. The molecule has 3 nitrogen and oxygen atoms in total. The van der Waals surface area contributed by atoms with Crippen molar-refractivity contribution in [2.24, 2.45) is 5.92 Å². The Hall–Kier alpha value is -1.35. The van der Waals surface area contributed by atoms with E-state index < -0.39 is 0 Å². The van der Waals surface area contributed by atoms with Crippen molar-refractivity contribution in [1.82, 2.24) is 0 Å². The van der Waals surface area contributed by atoms with Crippen molar-refractivity contribution in [2.75, 3.05) is 13.2 Å². The third-order valence-corrected chi connectivity index (χ3v) is 3.90. The van der Waals surface area contributed by atoms with E-state index in [1.807, 2.05) is 31.2 Å². The number of benzene rings is 1. The summed E-state index contributed by atoms with van der Waals surface area (Å²) in [6.45, 7) is 3.25. The van der Waals surface area contributed by atoms with Crippen LogP contribution in [0.5, 0.6) is 5.75 Å². The molecule has 0 spiro atoms. The molecule has 2 heterocycles. The van der Waals surface area contributed by atoms with Gasteiger partial charge >= 0.3 is 0 Å². The summed E-state index contributed by atoms with van der Waals surface area (Å²) in [6, 6.07) is 7.88. The van der Waals surface area contributed by atoms with Gasteiger partial charge in [-0.05, 0) is 25.8 Å². The lowest BCUT2D eigenvalue weighted by atomic mass is 9.83. The zero-order valence-corrected chi connectivity index (χ0v) is 10.6. The smallest absolute Gasteiger partial charge is 0.146 e. The number of para-hydroxylation sites is 1. The highest BCUT2D eigenvalue weighted by Gasteiger charge is 2.35. The summed E-state index contributed by atoms with van der Waals surface area (Å²) < 4.78 is 11.1. The highest BCUT2D eigenvalue weighted by Crippen LogP contribution is 2.37. The van der Waals surface area contributed by atoms with Crippen LogP contribution in [-0.4, -0.2) is 25.1 Å². The summed E-state index contributed by atoms with van der Waals surface area (Å²) in [5.74, 6) is 1.26. The van der Waals surface area contributed by atoms with Gasteiger partial charge in [0.2, 0.25) is 0 Å². The van der Waals surface area contributed by atoms with Crippen LogP contribution in [-0.2, 0) is 9.53 Å². The van der Waals surface area contributed by atoms with E-state index in [0.29, 0.717) is 19.0 Å². The zero-order valence-electron chi connectivity index (χ0n) is 10.6. The van der Waals surface area contributed by atoms with Crippen molar-refractivity contribution in [1.29, 1.82) is 0 Å². The summed E-state index contributed by atoms with van der Waals surface area (Å²) >= 11 is 0. The van der Waals surface area contributed by atoms with Crippen LogP contribution in [0.25, 0.3) is 0 Å². The maximum atomic E-state index is 12.6. The van der Waals surface area contributed by atoms with Crippen molar-refractivity contribution in [3.05, 3.63) is 29.8 Å². The second-order valence-corrected chi connectivity index (χ2v) is 5.21. The molecule has 1 aromatic rings. The Morgan fingerprint density at radius 2 is 2.17 bits per heavy atom. The van der Waals surface area contributed by atoms with Gasteiger partial charge in [-0.3, -0.25) is 4.79 Å². The topological polar surface area (TPSA) is 35.5 Å². The molecule has 2 aliphatic rings. The van der Waals surface area contributed by atoms with E-state index in [1.54, 1.807) is 0 Å². The molecule has 3 unspecified atom stereocenters. The van der Waals surface area contributed by atoms with E-state index in [-0.39, 0.29) is 17.9 Å². The van der Waals surface area contributed by atoms with Crippen LogP contribution in [0.3, 0.4) is 0 Å². The monoisotopic (exact) mass is 246 g/mol. The summed E-state index contributed by atoms with van der Waals surface area (Å²) in [6.07, 6.45) is 1.87. The van der Waals surface area contributed by atoms with Crippen molar-refractivity contribution in [3.63, 3.8) is 0 Å². The number of carbonyl (C=O) groups excluding carboxylic acids is 1. The van der Waals surface area contributed by atoms with E-state index in [1.165, 1.54) is 0 Å². The highest BCUT2D eigenvalue weighted by atomic mass is 16.5. The fraction of sp³-hybridized carbons (Fsp3) is 0.533. The number of ether oxygens (including phenoxy) is 2. The fourth-order valence-electron chi connectivity index (χ4n) is 2.94. The van der Waals surface area contributed by atoms with E-state index in [9.17, 15) is 4.79 Å². The van der Waals surface area contributed by atoms with Crippen molar-refractivity contribution < 1.29 is 14.3 Å². The van der Waals surface area contributed by atoms with E-state index >= 15 is 0 Å². The van der Waals surface area contributed by atoms with Gasteiger partial charge in [0.1, 0.15) is 11.5 Å². The lowest BCUT2D eigenvalue weighted by Gasteiger charge is -2.26. The lowest BCUT2D eigenvalue weighted by molar-refractivity contribution is -0.125. The first-order valence-corrected chi connectivity index (χ1v) is 6.63. The number of rotatable bonds is 2. The van der Waals surface area contributed by atoms with E-state index in [2.05, 4.69) is 0 Å². The maximum absolute atomic E-state index is 12.6. The first-order valence-electron chi connectivity index (χ1n) is 6.63. The summed E-state index contributed by atoms with van der Waals surface area (Å²) in [5, 5.41) is 0. The average Bonchev–Trinajstić information content (AvgIpc) is 2.84. The zero-order chi connectivity index (χ0) is 12.5. The molecule has 0 radical (unpaired) electrons. The molecule has 96 valence electrons. The largest absolute Gasteiger partial charge is 0.493 e. The molecule has 0 N–H and O–H groups in total. The molecule has 18 heavy (non-hydrogen) atoms. The predicted molar refractivity (Wildman–Crippen MR) is 67.8 cm³/mol. The molecule has 0 aromatic heterocycles. The minimum atomic E-state index is -0.00569. The van der Waals surface area contributed by atoms with Gasteiger partial charge in [0.15, 0.2) is 0 Å². The van der Waals surface area contributed by atoms with Crippen molar-refractivity contribution in [2.45, 2.75) is 31.8 Å². The molecule has 3 heteroatoms. The van der Waals surface area contributed by atoms with Crippen molar-refractivity contribution in [3.8, 4) is 5.75 Å². The van der Waals surface area contributed by atoms with Crippen LogP contribution in [0.4, 0.5) is 0 Å². The SMILES string of the molecule is CC1CC(C(=O)C2CCOc3ccccc32)CO1. The van der Waals surface area contributed by atoms with Crippen LogP contribution >= 0.6 is 0 Å². The predicted octanol–water partition coefficient (Wildman–Crippen LogP) is 2.55. The Balaban J connectivity index is 1.83. The average molecular weight is 246 g/mol. The first-order chi connectivity index (χ1) is 8.75. The van der Waals surface area contributed by atoms with Crippen LogP contribution in [0, 0.1) is 5.92 Å². The van der Waals surface area contributed by atoms with Gasteiger partial charge in [0, 0.05) is 17.4 Å². The number of carbonyl (C=O) groups is 1. The van der Waals surface area contributed by atoms with Crippen LogP contribution < -0.4 is 4.74 Å². The third-order valence-electron chi connectivity index (χ3n) is 3.90. The maximum Gasteiger partial charge on any atom is 0.146 e. The van der Waals surface area contributed by atoms with Crippen LogP contribution in [0.2, 0.25) is 0 Å². The summed E-state index contributed by atoms with van der Waals surface area (Å²) in [4.78, 5) is 12.6. The Morgan fingerprint density at radius 1 is 1.33 bits per heavy atom. The number of Topliss-reactive ketones (excluding diaryl/α,β-unsaturated/α-hetero) is 1. The first kappa shape index (κ1) is 11.7. The molecule has 3 atom stereocenters. The van der Waals surface area contributed by atoms with Gasteiger partial charge in [-0.25, -0.2) is 0 Å². The van der Waals surface area contributed by atoms with Crippen LogP contribution in [0.1, 0.15) is 31.2 Å². The molecular weight excluding hydrogens is 228 g/mol. The molecule has 0 bridgehead atoms. The molecule has 2 aliphatic heterocycles. The van der Waals surface area contributed by atoms with Gasteiger partial charge < -0.3 is 9.47 Å². The van der Waals surface area contributed by atoms with Gasteiger partial charge in [-0.2, -0.15) is 0 Å². The fourth-order valence-corrected chi connectivity index (χ4v) is 2.94. The third kappa shape index (κ3) is 2.03. The Morgan fingerprint density at radius 3 is 2.94 bits per heavy atom. The molecule has 1 aromatic carbocycles. The van der Waals surface area contributed by atoms with Gasteiger partial charge in [-0.15, -0.1) is 0 Å². The molecule has 0 amide bonds. The summed E-state index contributed by atoms with van der Waals surface area (Å²) in [7, 11) is 0. The molecule has 0 saturated carbocycles. The second kappa shape index (κ2) is 4.73. The van der Waals surface area contributed by atoms with E-state index in [4.69, 9.17) is 9.47 Å². The second-order valence-electron chi connectivity index (χ2n) is 5.21. The Bertz CT molecular complexity index is 455. The normalized spacial score (nSPS) is 30.6. The molecule has 1 fully saturated rings. The highest BCUT2D eigenvalue weighted by molar-refractivity contribution is 5.89. The molecule has 3 rings (SSSR count). The molecular formula is C15H18O3. The standard InChI is InChI=1S/C15H18O3/c1-10-8-11(9-18-10)15(16)13-6-7-17-14-5-3-2-4-12(13)14/h2-5,10-11,13H,6-9H2,1H3. The van der Waals surface area contributed by atoms with Crippen LogP contribution in [0.15, 0.2) is 24.3 Å². The Kier molecular flexibility index (Phi) is 3.08. The number of hydrogen-bond acceptors (Lipinski definition) is 3. The van der Waals surface area contributed by atoms with Gasteiger partial charge in [-0.1, -0.05) is 18.2 Å². The van der Waals surface area contributed by atoms with Gasteiger partial charge in [0.05, 0.1) is 19.3 Å². The van der Waals surface area contributed by atoms with E-state index in [0.717, 1.165) is 24.2 Å². The molecule has 1 saturated heterocycles. The summed E-state index contributed by atoms with van der Waals surface area (Å²) in [5.41, 5.74) is 1.05. The number of ketones is 1. The Labute approximate surface area is 107 Å². The molecule has 0 aliphatic carbocycles. The quantitative estimate of drug-likeness (QED) is 0.804.